The predicted octanol–water partition coefficient (Wildman–Crippen LogP) is 5.44. The molecule has 2 bridgehead atoms. The summed E-state index contributed by atoms with van der Waals surface area (Å²) in [5, 5.41) is 0.943. The molecule has 0 aromatic heterocycles. The first-order valence-corrected chi connectivity index (χ1v) is 12.8. The Bertz CT molecular complexity index is 1110. The zero-order valence-corrected chi connectivity index (χ0v) is 18.4. The number of hydrogen-bond donors (Lipinski definition) is 0. The van der Waals surface area contributed by atoms with Gasteiger partial charge in [-0.3, -0.25) is 0 Å². The summed E-state index contributed by atoms with van der Waals surface area (Å²) in [7, 11) is -7.26. The summed E-state index contributed by atoms with van der Waals surface area (Å²) in [5.74, 6) is -0.447. The molecule has 4 rings (SSSR count). The van der Waals surface area contributed by atoms with Gasteiger partial charge in [0, 0.05) is 19.9 Å². The second kappa shape index (κ2) is 7.58. The normalized spacial score (nSPS) is 22.0. The molecule has 2 aromatic carbocycles. The van der Waals surface area contributed by atoms with Gasteiger partial charge in [0.1, 0.15) is 0 Å². The van der Waals surface area contributed by atoms with E-state index >= 15 is 0 Å². The molecule has 2 aliphatic carbocycles. The summed E-state index contributed by atoms with van der Waals surface area (Å²) in [6, 6.07) is 12.2. The Morgan fingerprint density at radius 3 is 1.31 bits per heavy atom. The Morgan fingerprint density at radius 2 is 0.966 bits per heavy atom. The first kappa shape index (κ1) is 20.7. The molecule has 2 atom stereocenters. The van der Waals surface area contributed by atoms with Gasteiger partial charge < -0.3 is 0 Å². The third-order valence-electron chi connectivity index (χ3n) is 5.45. The van der Waals surface area contributed by atoms with E-state index in [1.807, 2.05) is 0 Å². The number of rotatable bonds is 4. The van der Waals surface area contributed by atoms with Crippen molar-refractivity contribution in [2.75, 3.05) is 0 Å². The summed E-state index contributed by atoms with van der Waals surface area (Å²) in [5.41, 5.74) is 0. The highest BCUT2D eigenvalue weighted by molar-refractivity contribution is 7.95. The fraction of sp³-hybridized carbons (Fsp3) is 0.238. The van der Waals surface area contributed by atoms with Crippen LogP contribution in [0.1, 0.15) is 19.3 Å². The van der Waals surface area contributed by atoms with Crippen LogP contribution in [-0.4, -0.2) is 16.8 Å². The minimum Gasteiger partial charge on any atom is -0.219 e. The maximum Gasteiger partial charge on any atom is 0.202 e. The molecular formula is C21H18Cl2O4S2. The molecule has 0 amide bonds. The average Bonchev–Trinajstić information content (AvgIpc) is 2.68. The van der Waals surface area contributed by atoms with E-state index in [0.29, 0.717) is 39.1 Å². The average molecular weight is 469 g/mol. The number of fused-ring (bicyclic) bond motifs is 2. The zero-order valence-electron chi connectivity index (χ0n) is 15.3. The Balaban J connectivity index is 1.63. The number of halogens is 2. The molecule has 0 radical (unpaired) electrons. The van der Waals surface area contributed by atoms with E-state index in [2.05, 4.69) is 0 Å². The predicted molar refractivity (Wildman–Crippen MR) is 114 cm³/mol. The van der Waals surface area contributed by atoms with E-state index < -0.39 is 19.7 Å². The number of benzene rings is 2. The van der Waals surface area contributed by atoms with Crippen LogP contribution in [0.4, 0.5) is 0 Å². The largest absolute Gasteiger partial charge is 0.219 e. The molecule has 152 valence electrons. The SMILES string of the molecule is O=S(=O)(C1=CCC2CC1CC=C2S(=O)(=O)c1ccc(Cl)cc1)c1ccc(Cl)cc1. The monoisotopic (exact) mass is 468 g/mol. The van der Waals surface area contributed by atoms with Gasteiger partial charge in [-0.2, -0.15) is 0 Å². The van der Waals surface area contributed by atoms with E-state index in [4.69, 9.17) is 23.2 Å². The van der Waals surface area contributed by atoms with Gasteiger partial charge in [0.25, 0.3) is 0 Å². The summed E-state index contributed by atoms with van der Waals surface area (Å²) in [6.07, 6.45) is 4.62. The highest BCUT2D eigenvalue weighted by atomic mass is 35.5. The molecule has 0 N–H and O–H groups in total. The molecule has 0 heterocycles. The first-order chi connectivity index (χ1) is 13.7. The van der Waals surface area contributed by atoms with Gasteiger partial charge in [-0.1, -0.05) is 35.4 Å². The maximum absolute atomic E-state index is 13.1. The quantitative estimate of drug-likeness (QED) is 0.598. The van der Waals surface area contributed by atoms with Crippen molar-refractivity contribution in [2.24, 2.45) is 11.8 Å². The highest BCUT2D eigenvalue weighted by Gasteiger charge is 2.39. The van der Waals surface area contributed by atoms with Gasteiger partial charge >= 0.3 is 0 Å². The van der Waals surface area contributed by atoms with Crippen LogP contribution in [0.2, 0.25) is 10.0 Å². The van der Waals surface area contributed by atoms with E-state index in [-0.39, 0.29) is 21.6 Å². The lowest BCUT2D eigenvalue weighted by Crippen LogP contribution is -2.28. The molecular weight excluding hydrogens is 451 g/mol. The molecule has 0 fully saturated rings. The van der Waals surface area contributed by atoms with Crippen LogP contribution in [-0.2, 0) is 19.7 Å². The van der Waals surface area contributed by atoms with Crippen LogP contribution < -0.4 is 0 Å². The summed E-state index contributed by atoms with van der Waals surface area (Å²) < 4.78 is 52.3. The summed E-state index contributed by atoms with van der Waals surface area (Å²) >= 11 is 11.7. The minimum absolute atomic E-state index is 0.204. The molecule has 4 nitrogen and oxygen atoms in total. The second-order valence-electron chi connectivity index (χ2n) is 7.23. The lowest BCUT2D eigenvalue weighted by atomic mass is 9.80. The van der Waals surface area contributed by atoms with Gasteiger partial charge in [0.05, 0.1) is 9.79 Å². The lowest BCUT2D eigenvalue weighted by molar-refractivity contribution is 0.420. The minimum atomic E-state index is -3.63. The Morgan fingerprint density at radius 1 is 0.621 bits per heavy atom. The number of allylic oxidation sites excluding steroid dienone is 4. The van der Waals surface area contributed by atoms with Gasteiger partial charge in [0.15, 0.2) is 0 Å². The molecule has 2 aromatic rings. The maximum atomic E-state index is 13.1. The third kappa shape index (κ3) is 3.79. The zero-order chi connectivity index (χ0) is 20.8. The van der Waals surface area contributed by atoms with Crippen molar-refractivity contribution < 1.29 is 16.8 Å². The molecule has 0 aliphatic heterocycles. The summed E-state index contributed by atoms with van der Waals surface area (Å²) in [4.78, 5) is 1.15. The van der Waals surface area contributed by atoms with Crippen LogP contribution in [0, 0.1) is 11.8 Å². The Kier molecular flexibility index (Phi) is 5.40. The van der Waals surface area contributed by atoms with Crippen LogP contribution in [0.15, 0.2) is 80.3 Å². The van der Waals surface area contributed by atoms with E-state index in [9.17, 15) is 16.8 Å². The lowest BCUT2D eigenvalue weighted by Gasteiger charge is -2.34. The number of sulfone groups is 2. The van der Waals surface area contributed by atoms with Crippen molar-refractivity contribution >= 4 is 42.9 Å². The number of hydrogen-bond acceptors (Lipinski definition) is 4. The first-order valence-electron chi connectivity index (χ1n) is 9.11. The Hall–Kier alpha value is -1.60. The van der Waals surface area contributed by atoms with Crippen LogP contribution >= 0.6 is 23.2 Å². The van der Waals surface area contributed by atoms with Gasteiger partial charge in [-0.05, 0) is 79.6 Å². The van der Waals surface area contributed by atoms with Crippen LogP contribution in [0.5, 0.6) is 0 Å². The van der Waals surface area contributed by atoms with Gasteiger partial charge in [-0.25, -0.2) is 16.8 Å². The van der Waals surface area contributed by atoms with Crippen molar-refractivity contribution in [3.63, 3.8) is 0 Å². The van der Waals surface area contributed by atoms with Crippen molar-refractivity contribution in [3.8, 4) is 0 Å². The van der Waals surface area contributed by atoms with Gasteiger partial charge in [-0.15, -0.1) is 0 Å². The molecule has 29 heavy (non-hydrogen) atoms. The third-order valence-corrected chi connectivity index (χ3v) is 9.98. The summed E-state index contributed by atoms with van der Waals surface area (Å²) in [6.45, 7) is 0. The standard InChI is InChI=1S/C21H18Cl2O4S2/c22-16-3-7-18(8-4-16)28(24,25)20-11-1-14-13-15(20)2-12-21(14)29(26,27)19-9-5-17(23)6-10-19/h3-12,14-15H,1-2,13H2. The van der Waals surface area contributed by atoms with E-state index in [1.54, 1.807) is 36.4 Å². The Labute approximate surface area is 180 Å². The second-order valence-corrected chi connectivity index (χ2v) is 12.0. The molecule has 8 heteroatoms. The van der Waals surface area contributed by atoms with Crippen molar-refractivity contribution in [2.45, 2.75) is 29.1 Å². The highest BCUT2D eigenvalue weighted by Crippen LogP contribution is 2.46. The van der Waals surface area contributed by atoms with E-state index in [1.165, 1.54) is 24.3 Å². The van der Waals surface area contributed by atoms with Crippen molar-refractivity contribution in [1.29, 1.82) is 0 Å². The topological polar surface area (TPSA) is 68.3 Å². The van der Waals surface area contributed by atoms with Crippen LogP contribution in [0.25, 0.3) is 0 Å². The molecule has 0 saturated carbocycles. The molecule has 0 spiro atoms. The molecule has 2 aliphatic rings. The molecule has 0 saturated heterocycles. The fourth-order valence-electron chi connectivity index (χ4n) is 4.01. The van der Waals surface area contributed by atoms with E-state index in [0.717, 1.165) is 0 Å². The molecule has 2 unspecified atom stereocenters. The van der Waals surface area contributed by atoms with Crippen LogP contribution in [0.3, 0.4) is 0 Å². The fourth-order valence-corrected chi connectivity index (χ4v) is 7.69. The van der Waals surface area contributed by atoms with Gasteiger partial charge in [0.2, 0.25) is 19.7 Å². The van der Waals surface area contributed by atoms with Crippen molar-refractivity contribution in [3.05, 3.63) is 80.5 Å². The van der Waals surface area contributed by atoms with Crippen molar-refractivity contribution in [1.82, 2.24) is 0 Å². The smallest absolute Gasteiger partial charge is 0.202 e.